The monoisotopic (exact) mass is 296 g/mol. The Morgan fingerprint density at radius 2 is 1.86 bits per heavy atom. The van der Waals surface area contributed by atoms with Crippen molar-refractivity contribution in [3.8, 4) is 0 Å². The van der Waals surface area contributed by atoms with E-state index in [0.29, 0.717) is 11.3 Å². The molecule has 0 aliphatic rings. The summed E-state index contributed by atoms with van der Waals surface area (Å²) in [6, 6.07) is 16.5. The van der Waals surface area contributed by atoms with Crippen molar-refractivity contribution in [2.75, 3.05) is 6.61 Å². The molecule has 0 saturated heterocycles. The molecule has 5 nitrogen and oxygen atoms in total. The Kier molecular flexibility index (Phi) is 5.90. The molecule has 5 heteroatoms. The number of benzene rings is 2. The smallest absolute Gasteiger partial charge is 0.340 e. The summed E-state index contributed by atoms with van der Waals surface area (Å²) in [6.07, 6.45) is 4.74. The van der Waals surface area contributed by atoms with Crippen LogP contribution in [0.25, 0.3) is 6.08 Å². The lowest BCUT2D eigenvalue weighted by molar-refractivity contribution is 0.0551. The van der Waals surface area contributed by atoms with Crippen molar-refractivity contribution in [2.45, 2.75) is 0 Å². The van der Waals surface area contributed by atoms with Crippen molar-refractivity contribution < 1.29 is 14.7 Å². The first-order valence-corrected chi connectivity index (χ1v) is 6.71. The fraction of sp³-hybridized carbons (Fsp3) is 0.0588. The Hall–Kier alpha value is -2.92. The van der Waals surface area contributed by atoms with Crippen molar-refractivity contribution >= 4 is 24.1 Å². The molecule has 0 spiro atoms. The molecule has 2 N–H and O–H groups in total. The second kappa shape index (κ2) is 8.39. The van der Waals surface area contributed by atoms with Crippen molar-refractivity contribution in [2.24, 2.45) is 4.99 Å². The van der Waals surface area contributed by atoms with E-state index in [0.717, 1.165) is 11.9 Å². The summed E-state index contributed by atoms with van der Waals surface area (Å²) in [5.41, 5.74) is 3.59. The van der Waals surface area contributed by atoms with Crippen molar-refractivity contribution in [3.63, 3.8) is 0 Å². The van der Waals surface area contributed by atoms with Crippen molar-refractivity contribution in [3.05, 3.63) is 71.8 Å². The first-order chi connectivity index (χ1) is 10.8. The molecule has 0 aliphatic carbocycles. The van der Waals surface area contributed by atoms with E-state index in [-0.39, 0.29) is 6.61 Å². The fourth-order valence-corrected chi connectivity index (χ4v) is 1.81. The van der Waals surface area contributed by atoms with Gasteiger partial charge in [-0.1, -0.05) is 48.5 Å². The molecule has 0 radical (unpaired) electrons. The number of esters is 1. The van der Waals surface area contributed by atoms with Crippen LogP contribution in [0.1, 0.15) is 15.9 Å². The third-order valence-electron chi connectivity index (χ3n) is 2.81. The van der Waals surface area contributed by atoms with Crippen LogP contribution >= 0.6 is 0 Å². The number of hydrogen-bond acceptors (Lipinski definition) is 4. The summed E-state index contributed by atoms with van der Waals surface area (Å²) in [5.74, 6) is -0.469. The molecule has 2 aromatic carbocycles. The SMILES string of the molecule is O=C(OCC=Cc1ccccc1)c1ccccc1N=CNO. The van der Waals surface area contributed by atoms with E-state index < -0.39 is 5.97 Å². The van der Waals surface area contributed by atoms with Crippen LogP contribution in [0.5, 0.6) is 0 Å². The normalized spacial score (nSPS) is 11.0. The van der Waals surface area contributed by atoms with Gasteiger partial charge in [0, 0.05) is 0 Å². The summed E-state index contributed by atoms with van der Waals surface area (Å²) >= 11 is 0. The lowest BCUT2D eigenvalue weighted by atomic mass is 10.2. The molecule has 0 aromatic heterocycles. The zero-order chi connectivity index (χ0) is 15.6. The Labute approximate surface area is 128 Å². The summed E-state index contributed by atoms with van der Waals surface area (Å²) in [7, 11) is 0. The molecule has 0 unspecified atom stereocenters. The number of nitrogens with one attached hydrogen (secondary N) is 1. The van der Waals surface area contributed by atoms with Gasteiger partial charge in [0.2, 0.25) is 0 Å². The average molecular weight is 296 g/mol. The minimum Gasteiger partial charge on any atom is -0.458 e. The van der Waals surface area contributed by atoms with Crippen LogP contribution in [0.2, 0.25) is 0 Å². The highest BCUT2D eigenvalue weighted by Gasteiger charge is 2.10. The van der Waals surface area contributed by atoms with Crippen LogP contribution in [-0.4, -0.2) is 24.1 Å². The van der Waals surface area contributed by atoms with Gasteiger partial charge in [0.05, 0.1) is 11.3 Å². The number of aliphatic imine (C=N–C) groups is 1. The number of carbonyl (C=O) groups is 1. The number of nitrogens with zero attached hydrogens (tertiary/aromatic N) is 1. The van der Waals surface area contributed by atoms with Gasteiger partial charge >= 0.3 is 5.97 Å². The number of hydrogen-bond donors (Lipinski definition) is 2. The molecule has 0 aliphatic heterocycles. The van der Waals surface area contributed by atoms with E-state index in [1.807, 2.05) is 36.4 Å². The van der Waals surface area contributed by atoms with Crippen LogP contribution in [0.3, 0.4) is 0 Å². The van der Waals surface area contributed by atoms with Gasteiger partial charge in [-0.3, -0.25) is 10.7 Å². The molecular formula is C17H16N2O3. The summed E-state index contributed by atoms with van der Waals surface area (Å²) < 4.78 is 5.19. The highest BCUT2D eigenvalue weighted by molar-refractivity contribution is 5.95. The van der Waals surface area contributed by atoms with E-state index in [2.05, 4.69) is 4.99 Å². The molecule has 0 amide bonds. The Balaban J connectivity index is 1.95. The van der Waals surface area contributed by atoms with Gasteiger partial charge in [0.15, 0.2) is 0 Å². The summed E-state index contributed by atoms with van der Waals surface area (Å²) in [5, 5.41) is 8.51. The first-order valence-electron chi connectivity index (χ1n) is 6.71. The average Bonchev–Trinajstić information content (AvgIpc) is 2.58. The standard InChI is InChI=1S/C17H16N2O3/c20-17(15-10-4-5-11-16(15)18-13-19-21)22-12-6-9-14-7-2-1-3-8-14/h1-11,13,21H,12H2,(H,18,19). The van der Waals surface area contributed by atoms with Gasteiger partial charge in [-0.05, 0) is 23.8 Å². The summed E-state index contributed by atoms with van der Waals surface area (Å²) in [6.45, 7) is 0.171. The predicted molar refractivity (Wildman–Crippen MR) is 85.3 cm³/mol. The lowest BCUT2D eigenvalue weighted by Gasteiger charge is -2.04. The first kappa shape index (κ1) is 15.5. The minimum absolute atomic E-state index is 0.171. The maximum Gasteiger partial charge on any atom is 0.340 e. The van der Waals surface area contributed by atoms with Crippen LogP contribution < -0.4 is 5.48 Å². The van der Waals surface area contributed by atoms with Crippen molar-refractivity contribution in [1.82, 2.24) is 5.48 Å². The number of para-hydroxylation sites is 1. The maximum absolute atomic E-state index is 12.0. The zero-order valence-electron chi connectivity index (χ0n) is 11.8. The molecule has 0 fully saturated rings. The van der Waals surface area contributed by atoms with Gasteiger partial charge in [0.25, 0.3) is 0 Å². The van der Waals surface area contributed by atoms with Crippen LogP contribution in [0.15, 0.2) is 65.7 Å². The molecule has 0 saturated carbocycles. The third-order valence-corrected chi connectivity index (χ3v) is 2.81. The van der Waals surface area contributed by atoms with Crippen LogP contribution in [0, 0.1) is 0 Å². The fourth-order valence-electron chi connectivity index (χ4n) is 1.81. The van der Waals surface area contributed by atoms with Gasteiger partial charge in [-0.15, -0.1) is 0 Å². The van der Waals surface area contributed by atoms with E-state index >= 15 is 0 Å². The van der Waals surface area contributed by atoms with Gasteiger partial charge in [0.1, 0.15) is 12.9 Å². The third kappa shape index (κ3) is 4.57. The zero-order valence-corrected chi connectivity index (χ0v) is 11.8. The van der Waals surface area contributed by atoms with Gasteiger partial charge < -0.3 is 4.74 Å². The molecule has 2 rings (SSSR count). The van der Waals surface area contributed by atoms with E-state index in [9.17, 15) is 4.79 Å². The Bertz CT molecular complexity index is 667. The second-order valence-corrected chi connectivity index (χ2v) is 4.32. The van der Waals surface area contributed by atoms with Crippen LogP contribution in [0.4, 0.5) is 5.69 Å². The topological polar surface area (TPSA) is 70.9 Å². The highest BCUT2D eigenvalue weighted by atomic mass is 16.5. The molecule has 22 heavy (non-hydrogen) atoms. The summed E-state index contributed by atoms with van der Waals surface area (Å²) in [4.78, 5) is 15.9. The second-order valence-electron chi connectivity index (χ2n) is 4.32. The quantitative estimate of drug-likeness (QED) is 0.372. The van der Waals surface area contributed by atoms with Gasteiger partial charge in [-0.2, -0.15) is 0 Å². The van der Waals surface area contributed by atoms with Crippen molar-refractivity contribution in [1.29, 1.82) is 0 Å². The number of ether oxygens (including phenoxy) is 1. The molecular weight excluding hydrogens is 280 g/mol. The largest absolute Gasteiger partial charge is 0.458 e. The van der Waals surface area contributed by atoms with Gasteiger partial charge in [-0.25, -0.2) is 9.79 Å². The Morgan fingerprint density at radius 3 is 2.64 bits per heavy atom. The van der Waals surface area contributed by atoms with E-state index in [1.54, 1.807) is 35.8 Å². The predicted octanol–water partition coefficient (Wildman–Crippen LogP) is 3.20. The van der Waals surface area contributed by atoms with Crippen LogP contribution in [-0.2, 0) is 4.74 Å². The molecule has 0 heterocycles. The molecule has 0 bridgehead atoms. The molecule has 0 atom stereocenters. The maximum atomic E-state index is 12.0. The number of hydroxylamine groups is 1. The Morgan fingerprint density at radius 1 is 1.14 bits per heavy atom. The van der Waals surface area contributed by atoms with E-state index in [1.165, 1.54) is 0 Å². The lowest BCUT2D eigenvalue weighted by Crippen LogP contribution is -2.06. The molecule has 112 valence electrons. The number of carbonyl (C=O) groups excluding carboxylic acids is 1. The minimum atomic E-state index is -0.469. The number of rotatable bonds is 6. The highest BCUT2D eigenvalue weighted by Crippen LogP contribution is 2.19. The molecule has 2 aromatic rings. The van der Waals surface area contributed by atoms with E-state index in [4.69, 9.17) is 9.94 Å².